The number of aromatic amines is 1. The van der Waals surface area contributed by atoms with Crippen molar-refractivity contribution >= 4 is 22.5 Å². The second kappa shape index (κ2) is 7.84. The van der Waals surface area contributed by atoms with E-state index in [4.69, 9.17) is 9.47 Å². The highest BCUT2D eigenvalue weighted by Crippen LogP contribution is 2.32. The summed E-state index contributed by atoms with van der Waals surface area (Å²) in [6.45, 7) is 3.04. The van der Waals surface area contributed by atoms with Crippen LogP contribution in [0.1, 0.15) is 5.56 Å². The minimum Gasteiger partial charge on any atom is -0.493 e. The molecule has 6 nitrogen and oxygen atoms in total. The summed E-state index contributed by atoms with van der Waals surface area (Å²) in [6.07, 6.45) is 2.38. The summed E-state index contributed by atoms with van der Waals surface area (Å²) in [5, 5.41) is 1.12. The van der Waals surface area contributed by atoms with Crippen LogP contribution in [-0.2, 0) is 11.2 Å². The van der Waals surface area contributed by atoms with Gasteiger partial charge in [-0.05, 0) is 23.8 Å². The molecule has 2 aromatic carbocycles. The van der Waals surface area contributed by atoms with Crippen molar-refractivity contribution in [1.29, 1.82) is 0 Å². The molecule has 28 heavy (non-hydrogen) atoms. The molecule has 0 unspecified atom stereocenters. The van der Waals surface area contributed by atoms with E-state index >= 15 is 0 Å². The summed E-state index contributed by atoms with van der Waals surface area (Å²) >= 11 is 0. The van der Waals surface area contributed by atoms with Crippen LogP contribution < -0.4 is 14.4 Å². The Morgan fingerprint density at radius 2 is 1.75 bits per heavy atom. The van der Waals surface area contributed by atoms with E-state index in [0.29, 0.717) is 6.42 Å². The van der Waals surface area contributed by atoms with E-state index in [1.165, 1.54) is 0 Å². The number of carbonyl (C=O) groups is 1. The van der Waals surface area contributed by atoms with Crippen molar-refractivity contribution in [3.05, 3.63) is 54.2 Å². The molecule has 1 amide bonds. The van der Waals surface area contributed by atoms with E-state index in [0.717, 1.165) is 59.8 Å². The third kappa shape index (κ3) is 3.50. The summed E-state index contributed by atoms with van der Waals surface area (Å²) in [7, 11) is 3.28. The maximum absolute atomic E-state index is 12.8. The van der Waals surface area contributed by atoms with Crippen molar-refractivity contribution in [3.63, 3.8) is 0 Å². The number of aromatic nitrogens is 1. The van der Waals surface area contributed by atoms with Crippen molar-refractivity contribution < 1.29 is 14.3 Å². The van der Waals surface area contributed by atoms with Crippen molar-refractivity contribution in [1.82, 2.24) is 9.88 Å². The Kier molecular flexibility index (Phi) is 5.10. The summed E-state index contributed by atoms with van der Waals surface area (Å²) in [4.78, 5) is 20.3. The minimum atomic E-state index is 0.178. The fourth-order valence-corrected chi connectivity index (χ4v) is 3.79. The zero-order chi connectivity index (χ0) is 19.5. The van der Waals surface area contributed by atoms with E-state index in [1.807, 2.05) is 47.5 Å². The van der Waals surface area contributed by atoms with Gasteiger partial charge in [-0.1, -0.05) is 18.2 Å². The third-order valence-corrected chi connectivity index (χ3v) is 5.38. The number of nitrogens with zero attached hydrogens (tertiary/aromatic N) is 2. The van der Waals surface area contributed by atoms with Gasteiger partial charge in [0.15, 0.2) is 11.5 Å². The Bertz CT molecular complexity index is 974. The molecule has 1 aliphatic heterocycles. The molecule has 0 radical (unpaired) electrons. The SMILES string of the molecule is COc1ccc(N2CCN(C(=O)Cc3c[nH]c4ccccc34)CC2)cc1OC. The first kappa shape index (κ1) is 18.2. The highest BCUT2D eigenvalue weighted by molar-refractivity contribution is 5.89. The maximum atomic E-state index is 12.8. The minimum absolute atomic E-state index is 0.178. The lowest BCUT2D eigenvalue weighted by molar-refractivity contribution is -0.130. The predicted molar refractivity (Wildman–Crippen MR) is 110 cm³/mol. The highest BCUT2D eigenvalue weighted by Gasteiger charge is 2.22. The van der Waals surface area contributed by atoms with Gasteiger partial charge in [-0.25, -0.2) is 0 Å². The predicted octanol–water partition coefficient (Wildman–Crippen LogP) is 3.08. The van der Waals surface area contributed by atoms with Gasteiger partial charge >= 0.3 is 0 Å². The van der Waals surface area contributed by atoms with E-state index in [1.54, 1.807) is 14.2 Å². The molecule has 1 saturated heterocycles. The quantitative estimate of drug-likeness (QED) is 0.740. The topological polar surface area (TPSA) is 57.8 Å². The average Bonchev–Trinajstić information content (AvgIpc) is 3.16. The van der Waals surface area contributed by atoms with Crippen LogP contribution in [0.3, 0.4) is 0 Å². The number of para-hydroxylation sites is 1. The molecular formula is C22H25N3O3. The molecular weight excluding hydrogens is 354 g/mol. The Labute approximate surface area is 164 Å². The van der Waals surface area contributed by atoms with Gasteiger partial charge in [0.2, 0.25) is 5.91 Å². The Morgan fingerprint density at radius 1 is 1.00 bits per heavy atom. The number of nitrogens with one attached hydrogen (secondary N) is 1. The largest absolute Gasteiger partial charge is 0.493 e. The second-order valence-electron chi connectivity index (χ2n) is 6.94. The van der Waals surface area contributed by atoms with Gasteiger partial charge < -0.3 is 24.3 Å². The summed E-state index contributed by atoms with van der Waals surface area (Å²) in [5.41, 5.74) is 3.22. The van der Waals surface area contributed by atoms with Crippen LogP contribution in [0.4, 0.5) is 5.69 Å². The van der Waals surface area contributed by atoms with Crippen molar-refractivity contribution in [2.45, 2.75) is 6.42 Å². The molecule has 2 heterocycles. The number of benzene rings is 2. The van der Waals surface area contributed by atoms with Gasteiger partial charge in [0, 0.05) is 55.0 Å². The fourth-order valence-electron chi connectivity index (χ4n) is 3.79. The molecule has 0 bridgehead atoms. The lowest BCUT2D eigenvalue weighted by Crippen LogP contribution is -2.49. The lowest BCUT2D eigenvalue weighted by Gasteiger charge is -2.36. The van der Waals surface area contributed by atoms with Crippen LogP contribution in [0.25, 0.3) is 10.9 Å². The number of rotatable bonds is 5. The third-order valence-electron chi connectivity index (χ3n) is 5.38. The number of hydrogen-bond donors (Lipinski definition) is 1. The number of fused-ring (bicyclic) bond motifs is 1. The molecule has 0 saturated carbocycles. The summed E-state index contributed by atoms with van der Waals surface area (Å²) < 4.78 is 10.7. The summed E-state index contributed by atoms with van der Waals surface area (Å²) in [6, 6.07) is 14.0. The molecule has 4 rings (SSSR count). The Morgan fingerprint density at radius 3 is 2.50 bits per heavy atom. The number of methoxy groups -OCH3 is 2. The molecule has 6 heteroatoms. The van der Waals surface area contributed by atoms with Crippen LogP contribution >= 0.6 is 0 Å². The van der Waals surface area contributed by atoms with Gasteiger partial charge in [-0.3, -0.25) is 4.79 Å². The van der Waals surface area contributed by atoms with Crippen molar-refractivity contribution in [2.24, 2.45) is 0 Å². The smallest absolute Gasteiger partial charge is 0.227 e. The first-order valence-corrected chi connectivity index (χ1v) is 9.49. The number of anilines is 1. The standard InChI is InChI=1S/C22H25N3O3/c1-27-20-8-7-17(14-21(20)28-2)24-9-11-25(12-10-24)22(26)13-16-15-23-19-6-4-3-5-18(16)19/h3-8,14-15,23H,9-13H2,1-2H3. The van der Waals surface area contributed by atoms with E-state index in [9.17, 15) is 4.79 Å². The molecule has 0 spiro atoms. The normalized spacial score (nSPS) is 14.4. The zero-order valence-electron chi connectivity index (χ0n) is 16.3. The van der Waals surface area contributed by atoms with Gasteiger partial charge in [0.25, 0.3) is 0 Å². The summed E-state index contributed by atoms with van der Waals surface area (Å²) in [5.74, 6) is 1.62. The Balaban J connectivity index is 1.39. The van der Waals surface area contributed by atoms with Gasteiger partial charge in [0.05, 0.1) is 20.6 Å². The maximum Gasteiger partial charge on any atom is 0.227 e. The number of piperazine rings is 1. The molecule has 1 aromatic heterocycles. The first-order valence-electron chi connectivity index (χ1n) is 9.49. The molecule has 1 fully saturated rings. The average molecular weight is 379 g/mol. The van der Waals surface area contributed by atoms with Gasteiger partial charge in [-0.15, -0.1) is 0 Å². The molecule has 1 aliphatic rings. The van der Waals surface area contributed by atoms with Gasteiger partial charge in [-0.2, -0.15) is 0 Å². The number of H-pyrrole nitrogens is 1. The molecule has 146 valence electrons. The monoisotopic (exact) mass is 379 g/mol. The number of hydrogen-bond acceptors (Lipinski definition) is 4. The number of ether oxygens (including phenoxy) is 2. The molecule has 0 atom stereocenters. The van der Waals surface area contributed by atoms with Crippen molar-refractivity contribution in [3.8, 4) is 11.5 Å². The molecule has 0 aliphatic carbocycles. The number of carbonyl (C=O) groups excluding carboxylic acids is 1. The highest BCUT2D eigenvalue weighted by atomic mass is 16.5. The second-order valence-corrected chi connectivity index (χ2v) is 6.94. The van der Waals surface area contributed by atoms with Crippen molar-refractivity contribution in [2.75, 3.05) is 45.3 Å². The van der Waals surface area contributed by atoms with Crippen LogP contribution in [-0.4, -0.2) is 56.2 Å². The molecule has 1 N–H and O–H groups in total. The zero-order valence-corrected chi connectivity index (χ0v) is 16.3. The van der Waals surface area contributed by atoms with Crippen LogP contribution in [0.5, 0.6) is 11.5 Å². The molecule has 3 aromatic rings. The van der Waals surface area contributed by atoms with Crippen LogP contribution in [0.2, 0.25) is 0 Å². The first-order chi connectivity index (χ1) is 13.7. The fraction of sp³-hybridized carbons (Fsp3) is 0.318. The van der Waals surface area contributed by atoms with Crippen LogP contribution in [0, 0.1) is 0 Å². The van der Waals surface area contributed by atoms with Gasteiger partial charge in [0.1, 0.15) is 0 Å². The van der Waals surface area contributed by atoms with E-state index in [-0.39, 0.29) is 5.91 Å². The van der Waals surface area contributed by atoms with Crippen LogP contribution in [0.15, 0.2) is 48.7 Å². The Hall–Kier alpha value is -3.15. The lowest BCUT2D eigenvalue weighted by atomic mass is 10.1. The number of amides is 1. The van der Waals surface area contributed by atoms with E-state index in [2.05, 4.69) is 16.0 Å². The van der Waals surface area contributed by atoms with E-state index < -0.39 is 0 Å².